The summed E-state index contributed by atoms with van der Waals surface area (Å²) >= 11 is 0. The molecule has 2 aliphatic carbocycles. The number of phenols is 2. The van der Waals surface area contributed by atoms with Crippen LogP contribution in [0.25, 0.3) is 11.1 Å². The zero-order valence-corrected chi connectivity index (χ0v) is 27.6. The second-order valence-electron chi connectivity index (χ2n) is 13.8. The lowest BCUT2D eigenvalue weighted by molar-refractivity contribution is 0.0200. The van der Waals surface area contributed by atoms with Crippen molar-refractivity contribution in [2.24, 2.45) is 23.7 Å². The molecule has 0 amide bonds. The van der Waals surface area contributed by atoms with Gasteiger partial charge in [-0.15, -0.1) is 0 Å². The summed E-state index contributed by atoms with van der Waals surface area (Å²) < 4.78 is 18.1. The Bertz CT molecular complexity index is 1610. The summed E-state index contributed by atoms with van der Waals surface area (Å²) in [5.74, 6) is 3.63. The molecule has 6 atom stereocenters. The van der Waals surface area contributed by atoms with Crippen molar-refractivity contribution >= 4 is 0 Å². The Kier molecular flexibility index (Phi) is 9.26. The van der Waals surface area contributed by atoms with Crippen molar-refractivity contribution in [2.45, 2.75) is 77.4 Å². The van der Waals surface area contributed by atoms with Gasteiger partial charge in [0.25, 0.3) is 0 Å². The quantitative estimate of drug-likeness (QED) is 0.185. The lowest BCUT2D eigenvalue weighted by Gasteiger charge is -2.41. The van der Waals surface area contributed by atoms with Crippen LogP contribution in [0.3, 0.4) is 0 Å². The second kappa shape index (κ2) is 13.2. The maximum Gasteiger partial charge on any atom is 0.160 e. The molecule has 3 aliphatic rings. The number of benzene rings is 3. The number of allylic oxidation sites excluding steroid dienone is 2. The van der Waals surface area contributed by atoms with Gasteiger partial charge in [0.05, 0.1) is 20.3 Å². The molecule has 0 aromatic heterocycles. The van der Waals surface area contributed by atoms with Gasteiger partial charge in [-0.2, -0.15) is 0 Å². The molecule has 3 aromatic carbocycles. The molecule has 1 heterocycles. The number of rotatable bonds is 9. The molecule has 246 valence electrons. The minimum Gasteiger partial charge on any atom is -0.508 e. The van der Waals surface area contributed by atoms with E-state index in [9.17, 15) is 20.4 Å². The van der Waals surface area contributed by atoms with Crippen LogP contribution in [0.1, 0.15) is 79.9 Å². The van der Waals surface area contributed by atoms with Crippen LogP contribution in [0.15, 0.2) is 48.6 Å². The molecule has 0 fully saturated rings. The summed E-state index contributed by atoms with van der Waals surface area (Å²) in [6, 6.07) is 11.1. The van der Waals surface area contributed by atoms with Gasteiger partial charge in [0.1, 0.15) is 23.4 Å². The van der Waals surface area contributed by atoms with E-state index in [-0.39, 0.29) is 24.2 Å². The van der Waals surface area contributed by atoms with E-state index in [0.717, 1.165) is 71.0 Å². The molecule has 0 radical (unpaired) electrons. The number of aliphatic hydroxyl groups excluding tert-OH is 2. The zero-order chi connectivity index (χ0) is 32.7. The maximum absolute atomic E-state index is 11.6. The van der Waals surface area contributed by atoms with Crippen LogP contribution >= 0.6 is 0 Å². The van der Waals surface area contributed by atoms with Gasteiger partial charge in [-0.25, -0.2) is 0 Å². The van der Waals surface area contributed by atoms with Crippen LogP contribution in [-0.2, 0) is 19.3 Å². The lowest BCUT2D eigenvalue weighted by Crippen LogP contribution is -2.33. The highest BCUT2D eigenvalue weighted by Crippen LogP contribution is 2.56. The average molecular weight is 629 g/mol. The van der Waals surface area contributed by atoms with E-state index in [2.05, 4.69) is 39.0 Å². The third-order valence-corrected chi connectivity index (χ3v) is 10.5. The van der Waals surface area contributed by atoms with Gasteiger partial charge >= 0.3 is 0 Å². The number of hydrogen-bond donors (Lipinski definition) is 4. The number of aromatic hydroxyl groups is 2. The molecule has 7 nitrogen and oxygen atoms in total. The third-order valence-electron chi connectivity index (χ3n) is 10.5. The van der Waals surface area contributed by atoms with Crippen molar-refractivity contribution in [2.75, 3.05) is 20.8 Å². The van der Waals surface area contributed by atoms with Crippen LogP contribution < -0.4 is 14.2 Å². The Hall–Kier alpha value is -3.68. The second-order valence-corrected chi connectivity index (χ2v) is 13.8. The molecule has 6 rings (SSSR count). The van der Waals surface area contributed by atoms with Crippen molar-refractivity contribution in [3.8, 4) is 39.9 Å². The van der Waals surface area contributed by atoms with E-state index in [0.29, 0.717) is 47.2 Å². The zero-order valence-electron chi connectivity index (χ0n) is 27.6. The third kappa shape index (κ3) is 5.84. The van der Waals surface area contributed by atoms with Crippen LogP contribution in [0.5, 0.6) is 28.7 Å². The summed E-state index contributed by atoms with van der Waals surface area (Å²) in [5.41, 5.74) is 7.00. The Balaban J connectivity index is 1.52. The minimum absolute atomic E-state index is 0.0317. The molecule has 0 saturated heterocycles. The monoisotopic (exact) mass is 628 g/mol. The van der Waals surface area contributed by atoms with Crippen LogP contribution in [0.4, 0.5) is 0 Å². The van der Waals surface area contributed by atoms with Gasteiger partial charge in [-0.3, -0.25) is 0 Å². The Morgan fingerprint density at radius 2 is 1.74 bits per heavy atom. The highest BCUT2D eigenvalue weighted by molar-refractivity contribution is 5.83. The summed E-state index contributed by atoms with van der Waals surface area (Å²) in [5, 5.41) is 42.7. The molecule has 46 heavy (non-hydrogen) atoms. The van der Waals surface area contributed by atoms with Gasteiger partial charge in [0, 0.05) is 30.2 Å². The maximum atomic E-state index is 11.6. The molecule has 0 spiro atoms. The molecule has 1 aliphatic heterocycles. The first-order chi connectivity index (χ1) is 22.2. The predicted molar refractivity (Wildman–Crippen MR) is 179 cm³/mol. The van der Waals surface area contributed by atoms with E-state index in [1.54, 1.807) is 25.3 Å². The molecular formula is C39H48O7. The van der Waals surface area contributed by atoms with Crippen molar-refractivity contribution < 1.29 is 34.6 Å². The van der Waals surface area contributed by atoms with Gasteiger partial charge in [-0.1, -0.05) is 45.4 Å². The Morgan fingerprint density at radius 1 is 0.957 bits per heavy atom. The molecule has 0 unspecified atom stereocenters. The number of fused-ring (bicyclic) bond motifs is 5. The molecule has 4 N–H and O–H groups in total. The fraction of sp³-hybridized carbons (Fsp3) is 0.487. The highest BCUT2D eigenvalue weighted by atomic mass is 16.5. The smallest absolute Gasteiger partial charge is 0.160 e. The van der Waals surface area contributed by atoms with E-state index in [1.165, 1.54) is 7.11 Å². The number of ether oxygens (including phenoxy) is 3. The van der Waals surface area contributed by atoms with E-state index in [4.69, 9.17) is 14.2 Å². The topological polar surface area (TPSA) is 109 Å². The molecule has 0 saturated carbocycles. The highest BCUT2D eigenvalue weighted by Gasteiger charge is 2.41. The van der Waals surface area contributed by atoms with Crippen LogP contribution in [-0.4, -0.2) is 47.4 Å². The first-order valence-electron chi connectivity index (χ1n) is 16.8. The fourth-order valence-electron chi connectivity index (χ4n) is 8.23. The Labute approximate surface area is 272 Å². The molecular weight excluding hydrogens is 580 g/mol. The van der Waals surface area contributed by atoms with Crippen LogP contribution in [0, 0.1) is 23.7 Å². The summed E-state index contributed by atoms with van der Waals surface area (Å²) in [4.78, 5) is 0. The predicted octanol–water partition coefficient (Wildman–Crippen LogP) is 7.26. The largest absolute Gasteiger partial charge is 0.508 e. The average Bonchev–Trinajstić information content (AvgIpc) is 3.04. The van der Waals surface area contributed by atoms with Crippen molar-refractivity contribution in [3.63, 3.8) is 0 Å². The van der Waals surface area contributed by atoms with Gasteiger partial charge in [-0.05, 0) is 107 Å². The summed E-state index contributed by atoms with van der Waals surface area (Å²) in [6.45, 7) is 6.73. The molecule has 7 heteroatoms. The molecule has 0 bridgehead atoms. The summed E-state index contributed by atoms with van der Waals surface area (Å²) in [6.07, 6.45) is 7.91. The van der Waals surface area contributed by atoms with E-state index < -0.39 is 12.2 Å². The van der Waals surface area contributed by atoms with Gasteiger partial charge < -0.3 is 34.6 Å². The van der Waals surface area contributed by atoms with E-state index >= 15 is 0 Å². The van der Waals surface area contributed by atoms with Gasteiger partial charge in [0.15, 0.2) is 11.5 Å². The van der Waals surface area contributed by atoms with Crippen molar-refractivity contribution in [3.05, 3.63) is 76.4 Å². The first kappa shape index (κ1) is 32.3. The number of phenolic OH excluding ortho intramolecular Hbond substituents is 2. The number of methoxy groups -OCH3 is 2. The summed E-state index contributed by atoms with van der Waals surface area (Å²) in [7, 11) is 3.19. The molecule has 3 aromatic rings. The fourth-order valence-corrected chi connectivity index (χ4v) is 8.23. The van der Waals surface area contributed by atoms with Gasteiger partial charge in [0.2, 0.25) is 0 Å². The SMILES string of the molecule is CC[C@@H]1C[C@H]([C@H]2Cc3cc(O)c(CC(C)C)cc3-c3c(OC)cc4c(c32)C[C@@H](O)[C@H](c2ccc(O)c(OC)c2)O4)C=C[C@H]1CCO. The number of hydrogen-bond acceptors (Lipinski definition) is 7. The normalized spacial score (nSPS) is 25.0. The van der Waals surface area contributed by atoms with Crippen molar-refractivity contribution in [1.82, 2.24) is 0 Å². The lowest BCUT2D eigenvalue weighted by atomic mass is 9.65. The van der Waals surface area contributed by atoms with Crippen LogP contribution in [0.2, 0.25) is 0 Å². The van der Waals surface area contributed by atoms with Crippen molar-refractivity contribution in [1.29, 1.82) is 0 Å². The standard InChI is InChI=1S/C39H48O7/c1-6-22-14-24(8-7-23(22)11-12-40)28-15-26-17-32(42)27(13-21(2)3)16-29(26)38-36(45-5)20-34-30(37(28)38)19-33(43)39(46-34)25-9-10-31(41)35(18-25)44-4/h7-10,16-18,20-24,28,33,39-43H,6,11-15,19H2,1-5H3/t22-,23+,24-,28-,33-,39+/m1/s1. The Morgan fingerprint density at radius 3 is 2.43 bits per heavy atom. The van der Waals surface area contributed by atoms with E-state index in [1.807, 2.05) is 12.1 Å². The first-order valence-corrected chi connectivity index (χ1v) is 16.8. The number of aliphatic hydroxyl groups is 2. The minimum atomic E-state index is -0.822.